The van der Waals surface area contributed by atoms with Crippen molar-refractivity contribution in [1.82, 2.24) is 9.80 Å². The Morgan fingerprint density at radius 3 is 2.48 bits per heavy atom. The van der Waals surface area contributed by atoms with E-state index in [2.05, 4.69) is 75.4 Å². The van der Waals surface area contributed by atoms with Gasteiger partial charge in [0.05, 0.1) is 6.04 Å². The van der Waals surface area contributed by atoms with E-state index in [-0.39, 0.29) is 11.9 Å². The third-order valence-electron chi connectivity index (χ3n) is 5.94. The van der Waals surface area contributed by atoms with Gasteiger partial charge in [0.15, 0.2) is 0 Å². The smallest absolute Gasteiger partial charge is 0.241 e. The first kappa shape index (κ1) is 20.5. The van der Waals surface area contributed by atoms with Gasteiger partial charge >= 0.3 is 0 Å². The quantitative estimate of drug-likeness (QED) is 0.753. The van der Waals surface area contributed by atoms with Gasteiger partial charge in [0.1, 0.15) is 0 Å². The minimum Gasteiger partial charge on any atom is -0.325 e. The zero-order chi connectivity index (χ0) is 19.9. The van der Waals surface area contributed by atoms with Gasteiger partial charge in [0.2, 0.25) is 5.91 Å². The Bertz CT molecular complexity index is 774. The number of thioether (sulfide) groups is 1. The molecule has 1 N–H and O–H groups in total. The van der Waals surface area contributed by atoms with Crippen LogP contribution >= 0.6 is 11.8 Å². The Morgan fingerprint density at radius 1 is 0.966 bits per heavy atom. The van der Waals surface area contributed by atoms with Crippen molar-refractivity contribution in [2.45, 2.75) is 31.8 Å². The van der Waals surface area contributed by atoms with Gasteiger partial charge in [0.25, 0.3) is 0 Å². The summed E-state index contributed by atoms with van der Waals surface area (Å²) in [6.45, 7) is 5.37. The molecule has 2 aromatic rings. The molecule has 4 nitrogen and oxygen atoms in total. The van der Waals surface area contributed by atoms with Crippen molar-refractivity contribution in [2.75, 3.05) is 43.0 Å². The van der Waals surface area contributed by atoms with Crippen molar-refractivity contribution in [3.05, 3.63) is 65.7 Å². The molecule has 1 amide bonds. The number of rotatable bonds is 7. The lowest BCUT2D eigenvalue weighted by molar-refractivity contribution is -0.120. The molecule has 1 atom stereocenters. The van der Waals surface area contributed by atoms with Crippen LogP contribution in [0.1, 0.15) is 24.0 Å². The van der Waals surface area contributed by atoms with Gasteiger partial charge in [-0.15, -0.1) is 0 Å². The first-order chi connectivity index (χ1) is 14.3. The van der Waals surface area contributed by atoms with E-state index in [0.29, 0.717) is 0 Å². The molecule has 0 bridgehead atoms. The molecule has 2 aliphatic heterocycles. The van der Waals surface area contributed by atoms with Crippen molar-refractivity contribution in [3.63, 3.8) is 0 Å². The average molecular weight is 410 g/mol. The van der Waals surface area contributed by atoms with E-state index in [1.54, 1.807) is 0 Å². The average Bonchev–Trinajstić information content (AvgIpc) is 3.23. The Kier molecular flexibility index (Phi) is 7.25. The molecule has 2 saturated heterocycles. The normalized spacial score (nSPS) is 20.6. The largest absolute Gasteiger partial charge is 0.325 e. The summed E-state index contributed by atoms with van der Waals surface area (Å²) in [6, 6.07) is 18.8. The monoisotopic (exact) mass is 409 g/mol. The second-order valence-electron chi connectivity index (χ2n) is 8.00. The van der Waals surface area contributed by atoms with Gasteiger partial charge < -0.3 is 10.2 Å². The fourth-order valence-electron chi connectivity index (χ4n) is 4.22. The molecule has 0 aromatic heterocycles. The van der Waals surface area contributed by atoms with Crippen molar-refractivity contribution in [3.8, 4) is 0 Å². The van der Waals surface area contributed by atoms with Crippen LogP contribution in [0.25, 0.3) is 0 Å². The maximum Gasteiger partial charge on any atom is 0.241 e. The van der Waals surface area contributed by atoms with Gasteiger partial charge in [0, 0.05) is 43.4 Å². The summed E-state index contributed by atoms with van der Waals surface area (Å²) in [4.78, 5) is 17.7. The van der Waals surface area contributed by atoms with Crippen LogP contribution in [0, 0.1) is 0 Å². The number of benzene rings is 2. The molecule has 4 rings (SSSR count). The van der Waals surface area contributed by atoms with E-state index in [4.69, 9.17) is 0 Å². The van der Waals surface area contributed by atoms with Crippen LogP contribution in [0.4, 0.5) is 5.69 Å². The van der Waals surface area contributed by atoms with Crippen LogP contribution in [0.15, 0.2) is 54.6 Å². The molecule has 0 radical (unpaired) electrons. The standard InChI is InChI=1S/C24H31N3OS/c28-24(23-7-4-13-27(23)19-21-5-2-1-3-6-21)25-22-10-8-20(9-11-22)12-14-26-15-17-29-18-16-26/h1-3,5-6,8-11,23H,4,7,12-19H2,(H,25,28). The predicted molar refractivity (Wildman–Crippen MR) is 122 cm³/mol. The van der Waals surface area contributed by atoms with Crippen LogP contribution in [-0.4, -0.2) is 59.4 Å². The summed E-state index contributed by atoms with van der Waals surface area (Å²) in [6.07, 6.45) is 3.09. The number of nitrogens with one attached hydrogen (secondary N) is 1. The number of nitrogens with zero attached hydrogens (tertiary/aromatic N) is 2. The summed E-state index contributed by atoms with van der Waals surface area (Å²) < 4.78 is 0. The number of anilines is 1. The highest BCUT2D eigenvalue weighted by molar-refractivity contribution is 7.99. The summed E-state index contributed by atoms with van der Waals surface area (Å²) in [5, 5.41) is 3.14. The van der Waals surface area contributed by atoms with Gasteiger partial charge in [-0.25, -0.2) is 0 Å². The van der Waals surface area contributed by atoms with E-state index in [1.165, 1.54) is 35.7 Å². The number of carbonyl (C=O) groups is 1. The number of hydrogen-bond donors (Lipinski definition) is 1. The molecular weight excluding hydrogens is 378 g/mol. The number of hydrogen-bond acceptors (Lipinski definition) is 4. The second kappa shape index (κ2) is 10.3. The topological polar surface area (TPSA) is 35.6 Å². The van der Waals surface area contributed by atoms with Crippen molar-refractivity contribution in [1.29, 1.82) is 0 Å². The Labute approximate surface area is 178 Å². The van der Waals surface area contributed by atoms with Gasteiger partial charge in [-0.2, -0.15) is 11.8 Å². The Balaban J connectivity index is 1.28. The van der Waals surface area contributed by atoms with Crippen molar-refractivity contribution >= 4 is 23.4 Å². The van der Waals surface area contributed by atoms with Gasteiger partial charge in [-0.3, -0.25) is 9.69 Å². The fourth-order valence-corrected chi connectivity index (χ4v) is 5.20. The van der Waals surface area contributed by atoms with E-state index < -0.39 is 0 Å². The van der Waals surface area contributed by atoms with Crippen molar-refractivity contribution < 1.29 is 4.79 Å². The summed E-state index contributed by atoms with van der Waals surface area (Å²) in [7, 11) is 0. The maximum atomic E-state index is 12.9. The molecule has 154 valence electrons. The Hall–Kier alpha value is -1.82. The molecule has 1 unspecified atom stereocenters. The zero-order valence-corrected chi connectivity index (χ0v) is 17.9. The lowest BCUT2D eigenvalue weighted by Gasteiger charge is -2.26. The number of carbonyl (C=O) groups excluding carboxylic acids is 1. The molecule has 29 heavy (non-hydrogen) atoms. The maximum absolute atomic E-state index is 12.9. The molecule has 0 aliphatic carbocycles. The second-order valence-corrected chi connectivity index (χ2v) is 9.23. The van der Waals surface area contributed by atoms with Gasteiger partial charge in [-0.1, -0.05) is 42.5 Å². The lowest BCUT2D eigenvalue weighted by atomic mass is 10.1. The highest BCUT2D eigenvalue weighted by atomic mass is 32.2. The minimum absolute atomic E-state index is 0.0353. The molecule has 0 spiro atoms. The highest BCUT2D eigenvalue weighted by Crippen LogP contribution is 2.22. The third-order valence-corrected chi connectivity index (χ3v) is 6.88. The van der Waals surface area contributed by atoms with E-state index >= 15 is 0 Å². The molecule has 5 heteroatoms. The number of likely N-dealkylation sites (tertiary alicyclic amines) is 1. The lowest BCUT2D eigenvalue weighted by Crippen LogP contribution is -2.39. The highest BCUT2D eigenvalue weighted by Gasteiger charge is 2.30. The van der Waals surface area contributed by atoms with Crippen molar-refractivity contribution in [2.24, 2.45) is 0 Å². The van der Waals surface area contributed by atoms with Crippen LogP contribution in [0.3, 0.4) is 0 Å². The van der Waals surface area contributed by atoms with Crippen LogP contribution in [0.2, 0.25) is 0 Å². The predicted octanol–water partition coefficient (Wildman–Crippen LogP) is 3.88. The van der Waals surface area contributed by atoms with E-state index in [0.717, 1.165) is 44.6 Å². The van der Waals surface area contributed by atoms with E-state index in [9.17, 15) is 4.79 Å². The zero-order valence-electron chi connectivity index (χ0n) is 17.1. The summed E-state index contributed by atoms with van der Waals surface area (Å²) in [5.74, 6) is 2.64. The molecule has 2 aliphatic rings. The summed E-state index contributed by atoms with van der Waals surface area (Å²) in [5.41, 5.74) is 3.51. The van der Waals surface area contributed by atoms with E-state index in [1.807, 2.05) is 6.07 Å². The SMILES string of the molecule is O=C(Nc1ccc(CCN2CCSCC2)cc1)C1CCCN1Cc1ccccc1. The molecule has 0 saturated carbocycles. The fraction of sp³-hybridized carbons (Fsp3) is 0.458. The molecule has 2 fully saturated rings. The third kappa shape index (κ3) is 5.84. The minimum atomic E-state index is -0.0353. The molecule has 2 aromatic carbocycles. The number of amides is 1. The van der Waals surface area contributed by atoms with Crippen LogP contribution in [0.5, 0.6) is 0 Å². The summed E-state index contributed by atoms with van der Waals surface area (Å²) >= 11 is 2.05. The van der Waals surface area contributed by atoms with Crippen LogP contribution < -0.4 is 5.32 Å². The first-order valence-corrected chi connectivity index (χ1v) is 11.9. The van der Waals surface area contributed by atoms with Gasteiger partial charge in [-0.05, 0) is 49.1 Å². The van der Waals surface area contributed by atoms with Crippen LogP contribution in [-0.2, 0) is 17.8 Å². The first-order valence-electron chi connectivity index (χ1n) is 10.8. The molecule has 2 heterocycles. The molecular formula is C24H31N3OS. The Morgan fingerprint density at radius 2 is 1.72 bits per heavy atom.